The van der Waals surface area contributed by atoms with E-state index in [9.17, 15) is 9.59 Å². The van der Waals surface area contributed by atoms with Gasteiger partial charge in [-0.15, -0.1) is 0 Å². The van der Waals surface area contributed by atoms with Gasteiger partial charge in [0.25, 0.3) is 0 Å². The van der Waals surface area contributed by atoms with Gasteiger partial charge < -0.3 is 15.3 Å². The molecule has 0 spiro atoms. The van der Waals surface area contributed by atoms with Crippen molar-refractivity contribution in [3.8, 4) is 0 Å². The van der Waals surface area contributed by atoms with Crippen LogP contribution in [0, 0.1) is 0 Å². The molecule has 7 heteroatoms. The van der Waals surface area contributed by atoms with E-state index in [1.54, 1.807) is 16.7 Å². The molecule has 5 nitrogen and oxygen atoms in total. The van der Waals surface area contributed by atoms with Crippen molar-refractivity contribution in [2.75, 3.05) is 36.6 Å². The van der Waals surface area contributed by atoms with Crippen LogP contribution in [0.4, 0.5) is 4.79 Å². The number of carboxylic acid groups (broad SMARTS) is 1. The smallest absolute Gasteiger partial charge is 0.326 e. The molecular weight excluding hydrogens is 260 g/mol. The van der Waals surface area contributed by atoms with Crippen LogP contribution in [0.3, 0.4) is 0 Å². The van der Waals surface area contributed by atoms with Gasteiger partial charge in [0.1, 0.15) is 6.04 Å². The summed E-state index contributed by atoms with van der Waals surface area (Å²) in [5, 5.41) is 11.6. The Bertz CT molecular complexity index is 270. The molecule has 1 heterocycles. The van der Waals surface area contributed by atoms with E-state index in [4.69, 9.17) is 5.11 Å². The lowest BCUT2D eigenvalue weighted by atomic mass is 10.2. The molecule has 0 aromatic carbocycles. The summed E-state index contributed by atoms with van der Waals surface area (Å²) in [6.45, 7) is 1.40. The van der Waals surface area contributed by atoms with Crippen LogP contribution in [0.1, 0.15) is 6.42 Å². The second-order valence-electron chi connectivity index (χ2n) is 3.72. The van der Waals surface area contributed by atoms with Gasteiger partial charge in [-0.05, 0) is 18.4 Å². The predicted octanol–water partition coefficient (Wildman–Crippen LogP) is 0.951. The van der Waals surface area contributed by atoms with E-state index in [0.29, 0.717) is 19.5 Å². The van der Waals surface area contributed by atoms with E-state index in [0.717, 1.165) is 17.3 Å². The largest absolute Gasteiger partial charge is 0.480 e. The molecule has 0 aromatic heterocycles. The number of carbonyl (C=O) groups is 2. The first-order chi connectivity index (χ1) is 8.15. The molecule has 2 N–H and O–H groups in total. The highest BCUT2D eigenvalue weighted by atomic mass is 32.2. The SMILES string of the molecule is CSCCC(NC(=O)N1CCSCC1)C(=O)O. The number of aliphatic carboxylic acids is 1. The number of carbonyl (C=O) groups excluding carboxylic acids is 1. The van der Waals surface area contributed by atoms with E-state index in [2.05, 4.69) is 5.32 Å². The molecule has 2 amide bonds. The van der Waals surface area contributed by atoms with Gasteiger partial charge in [-0.25, -0.2) is 9.59 Å². The van der Waals surface area contributed by atoms with Gasteiger partial charge in [-0.3, -0.25) is 0 Å². The fraction of sp³-hybridized carbons (Fsp3) is 0.800. The molecule has 17 heavy (non-hydrogen) atoms. The van der Waals surface area contributed by atoms with Crippen molar-refractivity contribution >= 4 is 35.5 Å². The molecule has 0 bridgehead atoms. The number of nitrogens with zero attached hydrogens (tertiary/aromatic N) is 1. The van der Waals surface area contributed by atoms with Crippen LogP contribution >= 0.6 is 23.5 Å². The third kappa shape index (κ3) is 5.08. The lowest BCUT2D eigenvalue weighted by molar-refractivity contribution is -0.139. The van der Waals surface area contributed by atoms with Crippen molar-refractivity contribution in [3.63, 3.8) is 0 Å². The van der Waals surface area contributed by atoms with E-state index in [1.165, 1.54) is 0 Å². The second kappa shape index (κ2) is 7.71. The normalized spacial score (nSPS) is 17.6. The highest BCUT2D eigenvalue weighted by molar-refractivity contribution is 7.99. The number of carboxylic acids is 1. The van der Waals surface area contributed by atoms with Crippen molar-refractivity contribution in [2.24, 2.45) is 0 Å². The summed E-state index contributed by atoms with van der Waals surface area (Å²) >= 11 is 3.39. The van der Waals surface area contributed by atoms with Gasteiger partial charge >= 0.3 is 12.0 Å². The molecule has 0 radical (unpaired) electrons. The summed E-state index contributed by atoms with van der Waals surface area (Å²) in [6.07, 6.45) is 2.38. The number of rotatable bonds is 5. The molecule has 98 valence electrons. The fourth-order valence-electron chi connectivity index (χ4n) is 1.50. The summed E-state index contributed by atoms with van der Waals surface area (Å²) in [5.41, 5.74) is 0. The Morgan fingerprint density at radius 2 is 2.12 bits per heavy atom. The first-order valence-electron chi connectivity index (χ1n) is 5.50. The maximum atomic E-state index is 11.8. The zero-order chi connectivity index (χ0) is 12.7. The van der Waals surface area contributed by atoms with Gasteiger partial charge in [-0.1, -0.05) is 0 Å². The molecule has 1 aliphatic heterocycles. The van der Waals surface area contributed by atoms with Gasteiger partial charge in [0, 0.05) is 24.6 Å². The summed E-state index contributed by atoms with van der Waals surface area (Å²) in [5.74, 6) is 1.62. The zero-order valence-corrected chi connectivity index (χ0v) is 11.5. The number of hydrogen-bond acceptors (Lipinski definition) is 4. The van der Waals surface area contributed by atoms with Crippen molar-refractivity contribution in [1.82, 2.24) is 10.2 Å². The Labute approximate surface area is 110 Å². The Balaban J connectivity index is 2.42. The quantitative estimate of drug-likeness (QED) is 0.783. The van der Waals surface area contributed by atoms with Crippen LogP contribution in [-0.4, -0.2) is 64.7 Å². The first kappa shape index (κ1) is 14.5. The van der Waals surface area contributed by atoms with Gasteiger partial charge in [-0.2, -0.15) is 23.5 Å². The molecule has 1 rings (SSSR count). The van der Waals surface area contributed by atoms with Crippen molar-refractivity contribution in [3.05, 3.63) is 0 Å². The van der Waals surface area contributed by atoms with E-state index < -0.39 is 12.0 Å². The summed E-state index contributed by atoms with van der Waals surface area (Å²) in [7, 11) is 0. The van der Waals surface area contributed by atoms with Crippen LogP contribution in [0.2, 0.25) is 0 Å². The van der Waals surface area contributed by atoms with Gasteiger partial charge in [0.05, 0.1) is 0 Å². The van der Waals surface area contributed by atoms with Crippen LogP contribution in [-0.2, 0) is 4.79 Å². The van der Waals surface area contributed by atoms with Crippen molar-refractivity contribution < 1.29 is 14.7 Å². The van der Waals surface area contributed by atoms with Crippen molar-refractivity contribution in [1.29, 1.82) is 0 Å². The highest BCUT2D eigenvalue weighted by Crippen LogP contribution is 2.09. The minimum absolute atomic E-state index is 0.251. The number of hydrogen-bond donors (Lipinski definition) is 2. The Hall–Kier alpha value is -0.560. The average Bonchev–Trinajstić information content (AvgIpc) is 2.35. The van der Waals surface area contributed by atoms with Gasteiger partial charge in [0.15, 0.2) is 0 Å². The van der Waals surface area contributed by atoms with Crippen LogP contribution in [0.15, 0.2) is 0 Å². The van der Waals surface area contributed by atoms with Crippen LogP contribution in [0.25, 0.3) is 0 Å². The lowest BCUT2D eigenvalue weighted by Gasteiger charge is -2.28. The summed E-state index contributed by atoms with van der Waals surface area (Å²) < 4.78 is 0. The predicted molar refractivity (Wildman–Crippen MR) is 71.9 cm³/mol. The molecule has 1 unspecified atom stereocenters. The molecule has 1 aliphatic rings. The van der Waals surface area contributed by atoms with Crippen LogP contribution in [0.5, 0.6) is 0 Å². The van der Waals surface area contributed by atoms with E-state index >= 15 is 0 Å². The Kier molecular flexibility index (Phi) is 6.57. The molecule has 0 aromatic rings. The average molecular weight is 278 g/mol. The number of amides is 2. The second-order valence-corrected chi connectivity index (χ2v) is 5.93. The Morgan fingerprint density at radius 3 is 2.65 bits per heavy atom. The zero-order valence-electron chi connectivity index (χ0n) is 9.85. The molecule has 0 aliphatic carbocycles. The van der Waals surface area contributed by atoms with Crippen LogP contribution < -0.4 is 5.32 Å². The van der Waals surface area contributed by atoms with E-state index in [-0.39, 0.29) is 6.03 Å². The standard InChI is InChI=1S/C10H18N2O3S2/c1-16-5-2-8(9(13)14)11-10(15)12-3-6-17-7-4-12/h8H,2-7H2,1H3,(H,11,15)(H,13,14). The lowest BCUT2D eigenvalue weighted by Crippen LogP contribution is -2.50. The molecule has 1 saturated heterocycles. The maximum Gasteiger partial charge on any atom is 0.326 e. The first-order valence-corrected chi connectivity index (χ1v) is 8.05. The topological polar surface area (TPSA) is 69.6 Å². The minimum atomic E-state index is -0.959. The number of urea groups is 1. The monoisotopic (exact) mass is 278 g/mol. The number of nitrogens with one attached hydrogen (secondary N) is 1. The number of thioether (sulfide) groups is 2. The Morgan fingerprint density at radius 1 is 1.47 bits per heavy atom. The van der Waals surface area contributed by atoms with E-state index in [1.807, 2.05) is 18.0 Å². The molecule has 1 atom stereocenters. The van der Waals surface area contributed by atoms with Crippen molar-refractivity contribution in [2.45, 2.75) is 12.5 Å². The summed E-state index contributed by atoms with van der Waals surface area (Å²) in [4.78, 5) is 24.5. The molecule has 0 saturated carbocycles. The maximum absolute atomic E-state index is 11.8. The minimum Gasteiger partial charge on any atom is -0.480 e. The molecule has 1 fully saturated rings. The van der Waals surface area contributed by atoms with Gasteiger partial charge in [0.2, 0.25) is 0 Å². The third-order valence-electron chi connectivity index (χ3n) is 2.50. The highest BCUT2D eigenvalue weighted by Gasteiger charge is 2.23. The summed E-state index contributed by atoms with van der Waals surface area (Å²) in [6, 6.07) is -1.02. The third-order valence-corrected chi connectivity index (χ3v) is 4.09. The molecular formula is C10H18N2O3S2. The fourth-order valence-corrected chi connectivity index (χ4v) is 2.87.